The summed E-state index contributed by atoms with van der Waals surface area (Å²) in [6, 6.07) is 6.39. The first-order valence-corrected chi connectivity index (χ1v) is 8.91. The molecule has 6 heteroatoms. The van der Waals surface area contributed by atoms with Crippen LogP contribution in [0.2, 0.25) is 0 Å². The molecule has 0 aliphatic heterocycles. The van der Waals surface area contributed by atoms with Crippen molar-refractivity contribution in [2.24, 2.45) is 22.9 Å². The number of amides is 1. The molecule has 2 atom stereocenters. The second-order valence-corrected chi connectivity index (χ2v) is 7.61. The molecule has 21 heavy (non-hydrogen) atoms. The summed E-state index contributed by atoms with van der Waals surface area (Å²) in [6.45, 7) is 0.345. The zero-order valence-electron chi connectivity index (χ0n) is 11.8. The lowest BCUT2D eigenvalue weighted by Crippen LogP contribution is -2.25. The molecule has 1 aromatic rings. The van der Waals surface area contributed by atoms with Crippen LogP contribution in [0.3, 0.4) is 0 Å². The van der Waals surface area contributed by atoms with Gasteiger partial charge in [0.2, 0.25) is 15.9 Å². The Balaban J connectivity index is 1.59. The Kier molecular flexibility index (Phi) is 3.75. The highest BCUT2D eigenvalue weighted by atomic mass is 32.2. The Morgan fingerprint density at radius 3 is 2.52 bits per heavy atom. The zero-order chi connectivity index (χ0) is 15.0. The van der Waals surface area contributed by atoms with Crippen LogP contribution in [0, 0.1) is 17.8 Å². The van der Waals surface area contributed by atoms with Gasteiger partial charge in [-0.15, -0.1) is 0 Å². The van der Waals surface area contributed by atoms with Gasteiger partial charge in [0, 0.05) is 12.5 Å². The third-order valence-electron chi connectivity index (χ3n) is 4.65. The number of benzene rings is 1. The Morgan fingerprint density at radius 2 is 1.90 bits per heavy atom. The molecule has 2 aliphatic carbocycles. The van der Waals surface area contributed by atoms with E-state index < -0.39 is 10.0 Å². The molecular formula is C15H20N2O3S. The van der Waals surface area contributed by atoms with Gasteiger partial charge < -0.3 is 5.32 Å². The third kappa shape index (κ3) is 3.11. The summed E-state index contributed by atoms with van der Waals surface area (Å²) in [5.41, 5.74) is 0.749. The van der Waals surface area contributed by atoms with Crippen LogP contribution < -0.4 is 10.5 Å². The summed E-state index contributed by atoms with van der Waals surface area (Å²) in [6.07, 6.45) is 4.82. The molecule has 2 fully saturated rings. The third-order valence-corrected chi connectivity index (χ3v) is 5.56. The lowest BCUT2D eigenvalue weighted by Gasteiger charge is -2.06. The van der Waals surface area contributed by atoms with Crippen molar-refractivity contribution in [2.45, 2.75) is 37.1 Å². The van der Waals surface area contributed by atoms with E-state index in [4.69, 9.17) is 5.14 Å². The minimum atomic E-state index is -3.70. The van der Waals surface area contributed by atoms with Gasteiger partial charge in [0.25, 0.3) is 0 Å². The van der Waals surface area contributed by atoms with Crippen molar-refractivity contribution in [2.75, 3.05) is 0 Å². The summed E-state index contributed by atoms with van der Waals surface area (Å²) in [7, 11) is -3.70. The molecule has 114 valence electrons. The summed E-state index contributed by atoms with van der Waals surface area (Å²) in [4.78, 5) is 12.3. The van der Waals surface area contributed by atoms with E-state index in [2.05, 4.69) is 5.32 Å². The second kappa shape index (κ2) is 5.42. The Labute approximate surface area is 125 Å². The lowest BCUT2D eigenvalue weighted by molar-refractivity contribution is -0.123. The molecule has 0 heterocycles. The number of carbonyl (C=O) groups is 1. The highest BCUT2D eigenvalue weighted by Gasteiger charge is 2.54. The van der Waals surface area contributed by atoms with Gasteiger partial charge in [0.15, 0.2) is 0 Å². The fraction of sp³-hybridized carbons (Fsp3) is 0.533. The molecule has 0 spiro atoms. The molecule has 3 N–H and O–H groups in total. The maximum atomic E-state index is 12.2. The van der Waals surface area contributed by atoms with Gasteiger partial charge in [-0.2, -0.15) is 0 Å². The summed E-state index contributed by atoms with van der Waals surface area (Å²) in [5, 5.41) is 8.03. The maximum Gasteiger partial charge on any atom is 0.238 e. The van der Waals surface area contributed by atoms with Gasteiger partial charge in [0.05, 0.1) is 4.90 Å². The number of fused-ring (bicyclic) bond motifs is 1. The van der Waals surface area contributed by atoms with E-state index in [0.717, 1.165) is 5.56 Å². The molecule has 5 nitrogen and oxygen atoms in total. The number of hydrogen-bond donors (Lipinski definition) is 2. The van der Waals surface area contributed by atoms with Crippen molar-refractivity contribution in [1.82, 2.24) is 5.32 Å². The van der Waals surface area contributed by atoms with Crippen LogP contribution in [-0.2, 0) is 21.4 Å². The van der Waals surface area contributed by atoms with Crippen molar-refractivity contribution in [3.8, 4) is 0 Å². The largest absolute Gasteiger partial charge is 0.352 e. The molecule has 0 aromatic heterocycles. The van der Waals surface area contributed by atoms with Gasteiger partial charge in [-0.25, -0.2) is 13.6 Å². The first-order chi connectivity index (χ1) is 9.97. The first kappa shape index (κ1) is 14.5. The number of sulfonamides is 1. The predicted octanol–water partition coefficient (Wildman–Crippen LogP) is 1.39. The Hall–Kier alpha value is -1.40. The van der Waals surface area contributed by atoms with Crippen LogP contribution in [0.25, 0.3) is 0 Å². The smallest absolute Gasteiger partial charge is 0.238 e. The zero-order valence-corrected chi connectivity index (χ0v) is 12.6. The van der Waals surface area contributed by atoms with E-state index in [1.54, 1.807) is 12.1 Å². The van der Waals surface area contributed by atoms with Gasteiger partial charge in [-0.05, 0) is 42.4 Å². The van der Waals surface area contributed by atoms with Crippen LogP contribution in [0.15, 0.2) is 29.2 Å². The topological polar surface area (TPSA) is 89.3 Å². The van der Waals surface area contributed by atoms with Crippen molar-refractivity contribution in [1.29, 1.82) is 0 Å². The van der Waals surface area contributed by atoms with E-state index in [1.807, 2.05) is 0 Å². The maximum absolute atomic E-state index is 12.2. The van der Waals surface area contributed by atoms with Crippen LogP contribution in [0.4, 0.5) is 0 Å². The van der Waals surface area contributed by atoms with Gasteiger partial charge >= 0.3 is 0 Å². The van der Waals surface area contributed by atoms with Crippen LogP contribution in [0.5, 0.6) is 0 Å². The molecule has 2 aliphatic rings. The molecule has 3 rings (SSSR count). The molecule has 1 aromatic carbocycles. The number of rotatable bonds is 4. The number of nitrogens with two attached hydrogens (primary N) is 1. The Morgan fingerprint density at radius 1 is 1.24 bits per heavy atom. The van der Waals surface area contributed by atoms with E-state index >= 15 is 0 Å². The normalized spacial score (nSPS) is 27.8. The molecule has 1 amide bonds. The SMILES string of the molecule is NS(=O)(=O)c1cccc(CNC(=O)C2C3CCCCC32)c1. The van der Waals surface area contributed by atoms with Gasteiger partial charge in [-0.1, -0.05) is 25.0 Å². The monoisotopic (exact) mass is 308 g/mol. The quantitative estimate of drug-likeness (QED) is 0.880. The number of primary sulfonamides is 1. The van der Waals surface area contributed by atoms with Crippen molar-refractivity contribution in [3.63, 3.8) is 0 Å². The Bertz CT molecular complexity index is 645. The molecule has 0 radical (unpaired) electrons. The van der Waals surface area contributed by atoms with Crippen molar-refractivity contribution < 1.29 is 13.2 Å². The lowest BCUT2D eigenvalue weighted by atomic mass is 10.0. The molecule has 2 saturated carbocycles. The van der Waals surface area contributed by atoms with E-state index in [-0.39, 0.29) is 16.7 Å². The van der Waals surface area contributed by atoms with Crippen molar-refractivity contribution in [3.05, 3.63) is 29.8 Å². The van der Waals surface area contributed by atoms with Crippen LogP contribution >= 0.6 is 0 Å². The van der Waals surface area contributed by atoms with Gasteiger partial charge in [0.1, 0.15) is 0 Å². The summed E-state index contributed by atoms with van der Waals surface area (Å²) < 4.78 is 22.6. The minimum absolute atomic E-state index is 0.0781. The average Bonchev–Trinajstić information content (AvgIpc) is 3.18. The highest BCUT2D eigenvalue weighted by Crippen LogP contribution is 2.55. The first-order valence-electron chi connectivity index (χ1n) is 7.36. The molecule has 2 unspecified atom stereocenters. The van der Waals surface area contributed by atoms with Crippen LogP contribution in [0.1, 0.15) is 31.2 Å². The van der Waals surface area contributed by atoms with Gasteiger partial charge in [-0.3, -0.25) is 4.79 Å². The predicted molar refractivity (Wildman–Crippen MR) is 78.6 cm³/mol. The minimum Gasteiger partial charge on any atom is -0.352 e. The molecule has 0 saturated heterocycles. The number of carbonyl (C=O) groups excluding carboxylic acids is 1. The number of hydrogen-bond acceptors (Lipinski definition) is 3. The molecule has 0 bridgehead atoms. The van der Waals surface area contributed by atoms with Crippen molar-refractivity contribution >= 4 is 15.9 Å². The summed E-state index contributed by atoms with van der Waals surface area (Å²) in [5.74, 6) is 1.44. The molecular weight excluding hydrogens is 288 g/mol. The fourth-order valence-electron chi connectivity index (χ4n) is 3.52. The number of nitrogens with one attached hydrogen (secondary N) is 1. The fourth-order valence-corrected chi connectivity index (χ4v) is 4.10. The highest BCUT2D eigenvalue weighted by molar-refractivity contribution is 7.89. The van der Waals surface area contributed by atoms with E-state index in [9.17, 15) is 13.2 Å². The van der Waals surface area contributed by atoms with E-state index in [0.29, 0.717) is 18.4 Å². The van der Waals surface area contributed by atoms with E-state index in [1.165, 1.54) is 37.8 Å². The standard InChI is InChI=1S/C15H20N2O3S/c16-21(19,20)11-5-3-4-10(8-11)9-17-15(18)14-12-6-1-2-7-13(12)14/h3-5,8,12-14H,1-2,6-7,9H2,(H,17,18)(H2,16,19,20). The second-order valence-electron chi connectivity index (χ2n) is 6.05. The summed E-state index contributed by atoms with van der Waals surface area (Å²) >= 11 is 0. The van der Waals surface area contributed by atoms with Crippen LogP contribution in [-0.4, -0.2) is 14.3 Å². The average molecular weight is 308 g/mol.